The quantitative estimate of drug-likeness (QED) is 0.827. The summed E-state index contributed by atoms with van der Waals surface area (Å²) in [5.74, 6) is 0. The summed E-state index contributed by atoms with van der Waals surface area (Å²) < 4.78 is 7.59. The van der Waals surface area contributed by atoms with Crippen molar-refractivity contribution in [1.82, 2.24) is 9.80 Å². The molecule has 21 heavy (non-hydrogen) atoms. The van der Waals surface area contributed by atoms with Gasteiger partial charge in [0.15, 0.2) is 0 Å². The van der Waals surface area contributed by atoms with Gasteiger partial charge in [0.1, 0.15) is 12.3 Å². The summed E-state index contributed by atoms with van der Waals surface area (Å²) in [4.78, 5) is 8.75. The standard InChI is InChI=1S/C17H24N4/c1-13-16(20-11-9-18(4)14(20)2)7-6-8-17(13)21-12-10-19(5)15(21)3/h6-12,14-15H,1-5H3/t14-,15+/i4D/m1/s1. The van der Waals surface area contributed by atoms with Crippen molar-refractivity contribution in [2.24, 2.45) is 0 Å². The van der Waals surface area contributed by atoms with Crippen LogP contribution in [-0.4, -0.2) is 36.2 Å². The van der Waals surface area contributed by atoms with E-state index in [4.69, 9.17) is 1.37 Å². The average Bonchev–Trinajstić information content (AvgIpc) is 3.04. The minimum atomic E-state index is 0.181. The fraction of sp³-hybridized carbons (Fsp3) is 0.412. The van der Waals surface area contributed by atoms with E-state index in [2.05, 4.69) is 79.3 Å². The number of hydrogen-bond donors (Lipinski definition) is 0. The Morgan fingerprint density at radius 3 is 1.90 bits per heavy atom. The average molecular weight is 285 g/mol. The van der Waals surface area contributed by atoms with E-state index >= 15 is 0 Å². The van der Waals surface area contributed by atoms with Gasteiger partial charge in [-0.15, -0.1) is 0 Å². The number of rotatable bonds is 2. The molecular formula is C17H24N4. The molecule has 1 aromatic carbocycles. The second-order valence-corrected chi connectivity index (χ2v) is 5.78. The Balaban J connectivity index is 1.94. The highest BCUT2D eigenvalue weighted by atomic mass is 15.4. The van der Waals surface area contributed by atoms with Crippen LogP contribution in [0.5, 0.6) is 0 Å². The van der Waals surface area contributed by atoms with Gasteiger partial charge < -0.3 is 19.6 Å². The molecule has 112 valence electrons. The largest absolute Gasteiger partial charge is 0.359 e. The van der Waals surface area contributed by atoms with Crippen LogP contribution in [0.4, 0.5) is 11.4 Å². The molecule has 2 aliphatic heterocycles. The van der Waals surface area contributed by atoms with E-state index < -0.39 is 0 Å². The van der Waals surface area contributed by atoms with Crippen molar-refractivity contribution in [3.8, 4) is 0 Å². The molecule has 0 amide bonds. The summed E-state index contributed by atoms with van der Waals surface area (Å²) in [5, 5.41) is 0. The van der Waals surface area contributed by atoms with E-state index in [1.54, 1.807) is 0 Å². The fourth-order valence-electron chi connectivity index (χ4n) is 2.92. The number of anilines is 2. The van der Waals surface area contributed by atoms with Crippen LogP contribution in [0.3, 0.4) is 0 Å². The smallest absolute Gasteiger partial charge is 0.102 e. The van der Waals surface area contributed by atoms with E-state index in [9.17, 15) is 0 Å². The first kappa shape index (κ1) is 12.6. The molecule has 4 heteroatoms. The predicted octanol–water partition coefficient (Wildman–Crippen LogP) is 3.13. The first-order valence-electron chi connectivity index (χ1n) is 8.05. The third-order valence-corrected chi connectivity index (χ3v) is 4.59. The van der Waals surface area contributed by atoms with Crippen molar-refractivity contribution in [2.75, 3.05) is 23.9 Å². The molecule has 0 fully saturated rings. The molecule has 0 spiro atoms. The van der Waals surface area contributed by atoms with Crippen molar-refractivity contribution < 1.29 is 1.37 Å². The predicted molar refractivity (Wildman–Crippen MR) is 88.9 cm³/mol. The van der Waals surface area contributed by atoms with E-state index in [0.717, 1.165) is 0 Å². The summed E-state index contributed by atoms with van der Waals surface area (Å²) in [6, 6.07) is 6.44. The molecule has 2 atom stereocenters. The Morgan fingerprint density at radius 2 is 1.43 bits per heavy atom. The van der Waals surface area contributed by atoms with Crippen LogP contribution in [0.1, 0.15) is 20.8 Å². The Kier molecular flexibility index (Phi) is 3.02. The maximum absolute atomic E-state index is 7.59. The van der Waals surface area contributed by atoms with Crippen LogP contribution >= 0.6 is 0 Å². The van der Waals surface area contributed by atoms with Crippen molar-refractivity contribution in [2.45, 2.75) is 33.1 Å². The third kappa shape index (κ3) is 2.15. The van der Waals surface area contributed by atoms with Crippen LogP contribution < -0.4 is 9.80 Å². The molecule has 0 saturated heterocycles. The van der Waals surface area contributed by atoms with Gasteiger partial charge in [0.25, 0.3) is 0 Å². The minimum Gasteiger partial charge on any atom is -0.359 e. The number of hydrogen-bond acceptors (Lipinski definition) is 4. The maximum Gasteiger partial charge on any atom is 0.102 e. The zero-order chi connectivity index (χ0) is 15.9. The molecule has 0 aromatic heterocycles. The topological polar surface area (TPSA) is 13.0 Å². The second-order valence-electron chi connectivity index (χ2n) is 5.78. The fourth-order valence-corrected chi connectivity index (χ4v) is 2.92. The molecule has 0 saturated carbocycles. The lowest BCUT2D eigenvalue weighted by atomic mass is 10.1. The Labute approximate surface area is 128 Å². The van der Waals surface area contributed by atoms with Gasteiger partial charge in [-0.1, -0.05) is 6.07 Å². The first-order chi connectivity index (χ1) is 10.5. The van der Waals surface area contributed by atoms with Gasteiger partial charge in [0.2, 0.25) is 0 Å². The normalized spacial score (nSPS) is 25.2. The van der Waals surface area contributed by atoms with Crippen LogP contribution in [0.2, 0.25) is 0 Å². The SMILES string of the molecule is [2H]CN1C=CN(c2cccc(N3C=CN(C)[C@@H]3C)c2C)[C@@H]1C. The Morgan fingerprint density at radius 1 is 0.905 bits per heavy atom. The van der Waals surface area contributed by atoms with E-state index in [1.807, 2.05) is 11.1 Å². The summed E-state index contributed by atoms with van der Waals surface area (Å²) in [5.41, 5.74) is 3.69. The molecule has 2 heterocycles. The zero-order valence-corrected chi connectivity index (χ0v) is 13.2. The van der Waals surface area contributed by atoms with Gasteiger partial charge in [0, 0.05) is 51.6 Å². The Hall–Kier alpha value is -2.10. The summed E-state index contributed by atoms with van der Waals surface area (Å²) in [7, 11) is 2.38. The van der Waals surface area contributed by atoms with Gasteiger partial charge in [-0.05, 0) is 38.5 Å². The summed E-state index contributed by atoms with van der Waals surface area (Å²) in [6.07, 6.45) is 8.81. The van der Waals surface area contributed by atoms with Gasteiger partial charge in [0.05, 0.1) is 0 Å². The Bertz CT molecular complexity index is 613. The first-order valence-corrected chi connectivity index (χ1v) is 7.34. The van der Waals surface area contributed by atoms with Gasteiger partial charge in [-0.25, -0.2) is 0 Å². The van der Waals surface area contributed by atoms with Crippen LogP contribution in [0, 0.1) is 6.92 Å². The third-order valence-electron chi connectivity index (χ3n) is 4.59. The molecule has 0 unspecified atom stereocenters. The second kappa shape index (κ2) is 5.02. The highest BCUT2D eigenvalue weighted by Crippen LogP contribution is 2.35. The molecule has 4 nitrogen and oxygen atoms in total. The van der Waals surface area contributed by atoms with Crippen molar-refractivity contribution >= 4 is 11.4 Å². The van der Waals surface area contributed by atoms with Gasteiger partial charge in [-0.3, -0.25) is 0 Å². The molecule has 0 N–H and O–H groups in total. The lowest BCUT2D eigenvalue weighted by Gasteiger charge is -2.32. The highest BCUT2D eigenvalue weighted by Gasteiger charge is 2.25. The molecular weight excluding hydrogens is 260 g/mol. The highest BCUT2D eigenvalue weighted by molar-refractivity contribution is 5.70. The van der Waals surface area contributed by atoms with Crippen molar-refractivity contribution in [3.05, 3.63) is 48.6 Å². The van der Waals surface area contributed by atoms with E-state index in [-0.39, 0.29) is 13.2 Å². The number of benzene rings is 1. The van der Waals surface area contributed by atoms with Crippen LogP contribution in [0.15, 0.2) is 43.0 Å². The number of nitrogens with zero attached hydrogens (tertiary/aromatic N) is 4. The molecule has 3 rings (SSSR count). The molecule has 1 aromatic rings. The van der Waals surface area contributed by atoms with E-state index in [0.29, 0.717) is 6.17 Å². The lowest BCUT2D eigenvalue weighted by Crippen LogP contribution is -2.35. The van der Waals surface area contributed by atoms with Gasteiger partial charge in [-0.2, -0.15) is 0 Å². The minimum absolute atomic E-state index is 0.181. The van der Waals surface area contributed by atoms with Crippen molar-refractivity contribution in [3.63, 3.8) is 0 Å². The summed E-state index contributed by atoms with van der Waals surface area (Å²) >= 11 is 0. The molecule has 0 aliphatic carbocycles. The summed E-state index contributed by atoms with van der Waals surface area (Å²) in [6.45, 7) is 6.51. The molecule has 2 aliphatic rings. The molecule has 0 radical (unpaired) electrons. The zero-order valence-electron chi connectivity index (χ0n) is 14.2. The van der Waals surface area contributed by atoms with Gasteiger partial charge >= 0.3 is 0 Å². The van der Waals surface area contributed by atoms with Crippen LogP contribution in [-0.2, 0) is 0 Å². The van der Waals surface area contributed by atoms with Crippen molar-refractivity contribution in [1.29, 1.82) is 0 Å². The lowest BCUT2D eigenvalue weighted by molar-refractivity contribution is 0.381. The van der Waals surface area contributed by atoms with Crippen LogP contribution in [0.25, 0.3) is 0 Å². The van der Waals surface area contributed by atoms with E-state index in [1.165, 1.54) is 16.9 Å². The monoisotopic (exact) mass is 285 g/mol. The maximum atomic E-state index is 7.59. The molecule has 0 bridgehead atoms.